The molecule has 4 heterocycles. The molecule has 0 bridgehead atoms. The minimum absolute atomic E-state index is 0.0935. The Balaban J connectivity index is 1.53. The number of amides is 1. The number of benzene rings is 2. The maximum atomic E-state index is 15.2. The Bertz CT molecular complexity index is 1500. The first kappa shape index (κ1) is 21.9. The summed E-state index contributed by atoms with van der Waals surface area (Å²) in [7, 11) is 0. The third kappa shape index (κ3) is 3.01. The zero-order valence-corrected chi connectivity index (χ0v) is 20.1. The van der Waals surface area contributed by atoms with Crippen molar-refractivity contribution in [1.29, 1.82) is 0 Å². The van der Waals surface area contributed by atoms with Gasteiger partial charge in [-0.05, 0) is 54.4 Å². The predicted octanol–water partition coefficient (Wildman–Crippen LogP) is 4.52. The molecular formula is C27H23F2N3O3S. The van der Waals surface area contributed by atoms with Crippen LogP contribution in [0.2, 0.25) is 0 Å². The summed E-state index contributed by atoms with van der Waals surface area (Å²) in [6.07, 6.45) is 4.93. The average Bonchev–Trinajstić information content (AvgIpc) is 3.65. The first-order chi connectivity index (χ1) is 17.4. The van der Waals surface area contributed by atoms with Crippen LogP contribution in [0, 0.1) is 17.0 Å². The van der Waals surface area contributed by atoms with Gasteiger partial charge in [0.1, 0.15) is 6.17 Å². The van der Waals surface area contributed by atoms with Gasteiger partial charge in [-0.1, -0.05) is 24.3 Å². The quantitative estimate of drug-likeness (QED) is 0.525. The summed E-state index contributed by atoms with van der Waals surface area (Å²) in [6.45, 7) is 0.510. The van der Waals surface area contributed by atoms with Crippen molar-refractivity contribution in [2.45, 2.75) is 48.5 Å². The molecule has 0 unspecified atom stereocenters. The van der Waals surface area contributed by atoms with E-state index in [0.717, 1.165) is 42.2 Å². The Morgan fingerprint density at radius 1 is 1.00 bits per heavy atom. The van der Waals surface area contributed by atoms with Crippen LogP contribution in [0.15, 0.2) is 58.4 Å². The second kappa shape index (κ2) is 7.59. The Morgan fingerprint density at radius 3 is 2.61 bits per heavy atom. The molecule has 1 aliphatic carbocycles. The molecule has 4 aliphatic rings. The summed E-state index contributed by atoms with van der Waals surface area (Å²) in [5, 5.41) is 12.7. The van der Waals surface area contributed by atoms with Crippen molar-refractivity contribution in [2.75, 3.05) is 11.6 Å². The number of hydrogen-bond donors (Lipinski definition) is 1. The van der Waals surface area contributed by atoms with Gasteiger partial charge in [0, 0.05) is 35.0 Å². The number of nitrogens with zero attached hydrogens (tertiary/aromatic N) is 3. The van der Waals surface area contributed by atoms with Crippen molar-refractivity contribution in [3.63, 3.8) is 0 Å². The summed E-state index contributed by atoms with van der Waals surface area (Å²) in [5.74, 6) is -2.48. The Hall–Kier alpha value is -3.33. The summed E-state index contributed by atoms with van der Waals surface area (Å²) in [6, 6.07) is 11.2. The second-order valence-electron chi connectivity index (χ2n) is 10.2. The summed E-state index contributed by atoms with van der Waals surface area (Å²) >= 11 is 1.45. The molecule has 36 heavy (non-hydrogen) atoms. The molecular weight excluding hydrogens is 484 g/mol. The van der Waals surface area contributed by atoms with E-state index in [1.165, 1.54) is 24.0 Å². The van der Waals surface area contributed by atoms with Crippen LogP contribution >= 0.6 is 11.8 Å². The van der Waals surface area contributed by atoms with Crippen molar-refractivity contribution in [3.05, 3.63) is 92.9 Å². The van der Waals surface area contributed by atoms with Crippen molar-refractivity contribution in [2.24, 2.45) is 5.41 Å². The van der Waals surface area contributed by atoms with Crippen LogP contribution in [-0.2, 0) is 5.75 Å². The van der Waals surface area contributed by atoms with Gasteiger partial charge in [-0.15, -0.1) is 11.8 Å². The zero-order valence-electron chi connectivity index (χ0n) is 19.3. The van der Waals surface area contributed by atoms with Crippen molar-refractivity contribution < 1.29 is 18.7 Å². The molecule has 2 fully saturated rings. The third-order valence-electron chi connectivity index (χ3n) is 8.26. The van der Waals surface area contributed by atoms with Crippen LogP contribution in [0.1, 0.15) is 58.9 Å². The smallest absolute Gasteiger partial charge is 0.278 e. The Labute approximate surface area is 210 Å². The van der Waals surface area contributed by atoms with Gasteiger partial charge in [-0.3, -0.25) is 19.3 Å². The molecule has 1 N–H and O–H groups in total. The van der Waals surface area contributed by atoms with Crippen molar-refractivity contribution >= 4 is 17.7 Å². The average molecular weight is 508 g/mol. The van der Waals surface area contributed by atoms with Crippen LogP contribution in [0.25, 0.3) is 0 Å². The number of aromatic nitrogens is 1. The molecule has 6 nitrogen and oxygen atoms in total. The zero-order chi connectivity index (χ0) is 24.8. The molecule has 184 valence electrons. The van der Waals surface area contributed by atoms with E-state index < -0.39 is 28.9 Å². The van der Waals surface area contributed by atoms with E-state index in [-0.39, 0.29) is 34.5 Å². The van der Waals surface area contributed by atoms with Gasteiger partial charge in [0.2, 0.25) is 5.43 Å². The number of fused-ring (bicyclic) bond motifs is 4. The molecule has 2 atom stereocenters. The highest BCUT2D eigenvalue weighted by Gasteiger charge is 2.54. The van der Waals surface area contributed by atoms with Crippen molar-refractivity contribution in [3.8, 4) is 5.75 Å². The molecule has 2 aromatic carbocycles. The van der Waals surface area contributed by atoms with E-state index in [2.05, 4.69) is 0 Å². The number of piperidine rings is 1. The number of thioether (sulfide) groups is 1. The predicted molar refractivity (Wildman–Crippen MR) is 131 cm³/mol. The van der Waals surface area contributed by atoms with Gasteiger partial charge in [0.25, 0.3) is 5.91 Å². The van der Waals surface area contributed by atoms with Gasteiger partial charge < -0.3 is 10.0 Å². The monoisotopic (exact) mass is 507 g/mol. The highest BCUT2D eigenvalue weighted by Crippen LogP contribution is 2.57. The number of carbonyl (C=O) groups excluding carboxylic acids is 1. The van der Waals surface area contributed by atoms with E-state index in [9.17, 15) is 19.1 Å². The molecule has 7 rings (SSSR count). The highest BCUT2D eigenvalue weighted by atomic mass is 32.2. The minimum Gasteiger partial charge on any atom is -0.502 e. The van der Waals surface area contributed by atoms with Gasteiger partial charge in [-0.25, -0.2) is 8.78 Å². The first-order valence-corrected chi connectivity index (χ1v) is 13.1. The molecule has 1 aromatic heterocycles. The van der Waals surface area contributed by atoms with Crippen LogP contribution < -0.4 is 10.4 Å². The topological polar surface area (TPSA) is 65.8 Å². The molecule has 1 saturated carbocycles. The van der Waals surface area contributed by atoms with Gasteiger partial charge in [0.05, 0.1) is 6.04 Å². The normalized spacial score (nSPS) is 23.4. The van der Waals surface area contributed by atoms with E-state index in [1.807, 2.05) is 29.3 Å². The largest absolute Gasteiger partial charge is 0.502 e. The number of halogens is 2. The lowest BCUT2D eigenvalue weighted by molar-refractivity contribution is 0.0347. The highest BCUT2D eigenvalue weighted by molar-refractivity contribution is 7.98. The maximum Gasteiger partial charge on any atom is 0.278 e. The number of hydrogen-bond acceptors (Lipinski definition) is 5. The summed E-state index contributed by atoms with van der Waals surface area (Å²) in [5.41, 5.74) is 1.24. The molecule has 1 saturated heterocycles. The lowest BCUT2D eigenvalue weighted by atomic mass is 9.87. The van der Waals surface area contributed by atoms with Crippen LogP contribution in [-0.4, -0.2) is 33.3 Å². The second-order valence-corrected chi connectivity index (χ2v) is 11.2. The number of rotatable bonds is 1. The van der Waals surface area contributed by atoms with Gasteiger partial charge in [-0.2, -0.15) is 0 Å². The van der Waals surface area contributed by atoms with E-state index in [1.54, 1.807) is 15.6 Å². The number of aromatic hydroxyl groups is 1. The van der Waals surface area contributed by atoms with Crippen LogP contribution in [0.4, 0.5) is 8.78 Å². The van der Waals surface area contributed by atoms with Crippen LogP contribution in [0.3, 0.4) is 0 Å². The molecule has 9 heteroatoms. The Kier molecular flexibility index (Phi) is 4.62. The fourth-order valence-electron chi connectivity index (χ4n) is 6.15. The lowest BCUT2D eigenvalue weighted by Gasteiger charge is -2.53. The van der Waals surface area contributed by atoms with Gasteiger partial charge in [0.15, 0.2) is 23.1 Å². The third-order valence-corrected chi connectivity index (χ3v) is 9.38. The lowest BCUT2D eigenvalue weighted by Crippen LogP contribution is -2.65. The fourth-order valence-corrected chi connectivity index (χ4v) is 7.26. The fraction of sp³-hybridized carbons (Fsp3) is 0.333. The molecule has 3 aromatic rings. The summed E-state index contributed by atoms with van der Waals surface area (Å²) in [4.78, 5) is 28.7. The summed E-state index contributed by atoms with van der Waals surface area (Å²) < 4.78 is 31.2. The standard InChI is InChI=1S/C27H23F2N3O3S/c28-18-6-5-15-17(22(18)29)14-36-20-4-2-1-3-16(20)23(15)32-21-13-27(8-9-27)10-12-30(21)26(35)24-25(34)19(33)7-11-31(24)32/h1-7,11,21,23,34H,8-10,12-14H2/t21-,23+/m1/s1. The first-order valence-electron chi connectivity index (χ1n) is 12.1. The van der Waals surface area contributed by atoms with E-state index in [0.29, 0.717) is 12.1 Å². The van der Waals surface area contributed by atoms with Crippen LogP contribution in [0.5, 0.6) is 5.75 Å². The Morgan fingerprint density at radius 2 is 1.81 bits per heavy atom. The molecule has 1 amide bonds. The van der Waals surface area contributed by atoms with Crippen molar-refractivity contribution in [1.82, 2.24) is 9.58 Å². The van der Waals surface area contributed by atoms with Gasteiger partial charge >= 0.3 is 0 Å². The number of pyridine rings is 1. The molecule has 1 spiro atoms. The molecule has 3 aliphatic heterocycles. The van der Waals surface area contributed by atoms with E-state index in [4.69, 9.17) is 0 Å². The number of carbonyl (C=O) groups is 1. The van der Waals surface area contributed by atoms with E-state index >= 15 is 4.39 Å². The SMILES string of the molecule is O=C1c2c(O)c(=O)ccn2N([C@@H]2c3ccccc3SCc3c2ccc(F)c3F)[C@@H]2CC3(CCN12)CC3. The maximum absolute atomic E-state index is 15.2. The minimum atomic E-state index is -0.897. The molecule has 0 radical (unpaired) electrons.